The normalized spacial score (nSPS) is 20.9. The molecule has 3 rings (SSSR count). The van der Waals surface area contributed by atoms with Crippen molar-refractivity contribution in [2.24, 2.45) is 10.9 Å². The van der Waals surface area contributed by atoms with Crippen LogP contribution in [0, 0.1) is 5.92 Å². The molecule has 1 fully saturated rings. The van der Waals surface area contributed by atoms with Crippen LogP contribution < -0.4 is 5.32 Å². The molecule has 1 unspecified atom stereocenters. The number of hydrogen-bond donors (Lipinski definition) is 1. The van der Waals surface area contributed by atoms with Gasteiger partial charge in [-0.2, -0.15) is 0 Å². The molecular formula is C16H16N2OS. The summed E-state index contributed by atoms with van der Waals surface area (Å²) in [7, 11) is 0. The van der Waals surface area contributed by atoms with Gasteiger partial charge >= 0.3 is 0 Å². The van der Waals surface area contributed by atoms with Crippen LogP contribution in [0.25, 0.3) is 10.8 Å². The Kier molecular flexibility index (Phi) is 3.49. The molecule has 0 radical (unpaired) electrons. The Morgan fingerprint density at radius 1 is 1.15 bits per heavy atom. The van der Waals surface area contributed by atoms with E-state index in [0.29, 0.717) is 11.1 Å². The Labute approximate surface area is 122 Å². The molecule has 0 saturated carbocycles. The van der Waals surface area contributed by atoms with Gasteiger partial charge in [0.15, 0.2) is 5.17 Å². The molecule has 3 nitrogen and oxygen atoms in total. The average molecular weight is 284 g/mol. The zero-order valence-electron chi connectivity index (χ0n) is 11.5. The Morgan fingerprint density at radius 3 is 2.65 bits per heavy atom. The topological polar surface area (TPSA) is 41.5 Å². The zero-order chi connectivity index (χ0) is 14.1. The van der Waals surface area contributed by atoms with Crippen molar-refractivity contribution in [2.45, 2.75) is 19.1 Å². The minimum absolute atomic E-state index is 0.0382. The van der Waals surface area contributed by atoms with Crippen LogP contribution in [-0.2, 0) is 4.79 Å². The average Bonchev–Trinajstić information content (AvgIpc) is 2.80. The van der Waals surface area contributed by atoms with E-state index in [1.165, 1.54) is 11.8 Å². The summed E-state index contributed by atoms with van der Waals surface area (Å²) in [5.74, 6) is 0.365. The maximum atomic E-state index is 11.9. The van der Waals surface area contributed by atoms with E-state index in [-0.39, 0.29) is 11.2 Å². The highest BCUT2D eigenvalue weighted by Gasteiger charge is 2.32. The van der Waals surface area contributed by atoms with Crippen molar-refractivity contribution in [1.82, 2.24) is 5.32 Å². The molecule has 0 bridgehead atoms. The van der Waals surface area contributed by atoms with Gasteiger partial charge in [-0.05, 0) is 17.4 Å². The standard InChI is InChI=1S/C16H16N2OS/c1-10(2)14-15(19)18-16(20-14)17-13-9-5-7-11-6-3-4-8-12(11)13/h3-10,14H,1-2H3,(H,17,18,19). The fourth-order valence-corrected chi connectivity index (χ4v) is 3.28. The minimum atomic E-state index is -0.0382. The smallest absolute Gasteiger partial charge is 0.239 e. The first kappa shape index (κ1) is 13.2. The van der Waals surface area contributed by atoms with E-state index < -0.39 is 0 Å². The monoisotopic (exact) mass is 284 g/mol. The van der Waals surface area contributed by atoms with Gasteiger partial charge in [-0.15, -0.1) is 0 Å². The van der Waals surface area contributed by atoms with Crippen LogP contribution in [0.1, 0.15) is 13.8 Å². The molecule has 102 valence electrons. The summed E-state index contributed by atoms with van der Waals surface area (Å²) < 4.78 is 0. The number of nitrogens with one attached hydrogen (secondary N) is 1. The second-order valence-electron chi connectivity index (χ2n) is 5.19. The van der Waals surface area contributed by atoms with Gasteiger partial charge in [-0.25, -0.2) is 4.99 Å². The van der Waals surface area contributed by atoms with Gasteiger partial charge in [-0.3, -0.25) is 4.79 Å². The number of fused-ring (bicyclic) bond motifs is 1. The molecule has 2 aromatic rings. The van der Waals surface area contributed by atoms with Gasteiger partial charge in [0.2, 0.25) is 5.91 Å². The first-order valence-corrected chi connectivity index (χ1v) is 7.57. The predicted octanol–water partition coefficient (Wildman–Crippen LogP) is 3.71. The second kappa shape index (κ2) is 5.29. The van der Waals surface area contributed by atoms with E-state index in [0.717, 1.165) is 16.5 Å². The predicted molar refractivity (Wildman–Crippen MR) is 85.4 cm³/mol. The van der Waals surface area contributed by atoms with Crippen molar-refractivity contribution in [2.75, 3.05) is 0 Å². The maximum absolute atomic E-state index is 11.9. The van der Waals surface area contributed by atoms with Crippen LogP contribution in [0.15, 0.2) is 47.5 Å². The quantitative estimate of drug-likeness (QED) is 0.913. The van der Waals surface area contributed by atoms with Crippen molar-refractivity contribution < 1.29 is 4.79 Å². The molecule has 4 heteroatoms. The van der Waals surface area contributed by atoms with E-state index in [1.807, 2.05) is 24.3 Å². The molecule has 1 aliphatic rings. The van der Waals surface area contributed by atoms with Crippen LogP contribution in [-0.4, -0.2) is 16.3 Å². The Bertz CT molecular complexity index is 688. The molecule has 1 saturated heterocycles. The van der Waals surface area contributed by atoms with Crippen molar-refractivity contribution in [3.63, 3.8) is 0 Å². The van der Waals surface area contributed by atoms with Crippen LogP contribution in [0.5, 0.6) is 0 Å². The highest BCUT2D eigenvalue weighted by Crippen LogP contribution is 2.30. The Hall–Kier alpha value is -1.81. The molecule has 0 aromatic heterocycles. The zero-order valence-corrected chi connectivity index (χ0v) is 12.3. The summed E-state index contributed by atoms with van der Waals surface area (Å²) in [5, 5.41) is 5.79. The maximum Gasteiger partial charge on any atom is 0.239 e. The number of nitrogens with zero attached hydrogens (tertiary/aromatic N) is 1. The Balaban J connectivity index is 1.98. The lowest BCUT2D eigenvalue weighted by atomic mass is 10.1. The lowest BCUT2D eigenvalue weighted by Gasteiger charge is -2.07. The first-order valence-electron chi connectivity index (χ1n) is 6.69. The molecule has 0 spiro atoms. The molecule has 1 aliphatic heterocycles. The number of aliphatic imine (C=N–C) groups is 1. The highest BCUT2D eigenvalue weighted by molar-refractivity contribution is 8.15. The molecule has 1 atom stereocenters. The van der Waals surface area contributed by atoms with Gasteiger partial charge in [0.25, 0.3) is 0 Å². The van der Waals surface area contributed by atoms with Gasteiger partial charge in [0.05, 0.1) is 10.9 Å². The number of rotatable bonds is 2. The molecule has 1 amide bonds. The third-order valence-corrected chi connectivity index (χ3v) is 4.75. The lowest BCUT2D eigenvalue weighted by Crippen LogP contribution is -2.27. The first-order chi connectivity index (χ1) is 9.65. The van der Waals surface area contributed by atoms with Gasteiger partial charge in [-0.1, -0.05) is 62.0 Å². The number of carbonyl (C=O) groups is 1. The molecular weight excluding hydrogens is 268 g/mol. The van der Waals surface area contributed by atoms with Crippen LogP contribution >= 0.6 is 11.8 Å². The van der Waals surface area contributed by atoms with E-state index in [9.17, 15) is 4.79 Å². The number of amidine groups is 1. The Morgan fingerprint density at radius 2 is 1.90 bits per heavy atom. The number of carbonyl (C=O) groups excluding carboxylic acids is 1. The number of amides is 1. The van der Waals surface area contributed by atoms with Gasteiger partial charge in [0.1, 0.15) is 0 Å². The van der Waals surface area contributed by atoms with E-state index in [1.54, 1.807) is 0 Å². The van der Waals surface area contributed by atoms with Crippen molar-refractivity contribution >= 4 is 39.3 Å². The summed E-state index contributed by atoms with van der Waals surface area (Å²) in [6.45, 7) is 4.11. The summed E-state index contributed by atoms with van der Waals surface area (Å²) in [6.07, 6.45) is 0. The highest BCUT2D eigenvalue weighted by atomic mass is 32.2. The van der Waals surface area contributed by atoms with Crippen LogP contribution in [0.4, 0.5) is 5.69 Å². The molecule has 20 heavy (non-hydrogen) atoms. The number of benzene rings is 2. The summed E-state index contributed by atoms with van der Waals surface area (Å²) in [6, 6.07) is 14.2. The van der Waals surface area contributed by atoms with Gasteiger partial charge < -0.3 is 5.32 Å². The second-order valence-corrected chi connectivity index (χ2v) is 6.32. The number of thioether (sulfide) groups is 1. The minimum Gasteiger partial charge on any atom is -0.304 e. The SMILES string of the molecule is CC(C)C1SC(=Nc2cccc3ccccc23)NC1=O. The molecule has 0 aliphatic carbocycles. The van der Waals surface area contributed by atoms with Gasteiger partial charge in [0, 0.05) is 5.39 Å². The fourth-order valence-electron chi connectivity index (χ4n) is 2.29. The molecule has 1 heterocycles. The van der Waals surface area contributed by atoms with Crippen LogP contribution in [0.3, 0.4) is 0 Å². The summed E-state index contributed by atoms with van der Waals surface area (Å²) >= 11 is 1.52. The van der Waals surface area contributed by atoms with E-state index in [2.05, 4.69) is 42.4 Å². The molecule has 1 N–H and O–H groups in total. The lowest BCUT2D eigenvalue weighted by molar-refractivity contribution is -0.119. The fraction of sp³-hybridized carbons (Fsp3) is 0.250. The molecule has 2 aromatic carbocycles. The van der Waals surface area contributed by atoms with E-state index >= 15 is 0 Å². The summed E-state index contributed by atoms with van der Waals surface area (Å²) in [5.41, 5.74) is 0.898. The number of hydrogen-bond acceptors (Lipinski definition) is 3. The largest absolute Gasteiger partial charge is 0.304 e. The summed E-state index contributed by atoms with van der Waals surface area (Å²) in [4.78, 5) is 16.5. The van der Waals surface area contributed by atoms with Crippen molar-refractivity contribution in [3.05, 3.63) is 42.5 Å². The van der Waals surface area contributed by atoms with Crippen molar-refractivity contribution in [3.8, 4) is 0 Å². The van der Waals surface area contributed by atoms with E-state index in [4.69, 9.17) is 0 Å². The van der Waals surface area contributed by atoms with Crippen molar-refractivity contribution in [1.29, 1.82) is 0 Å². The van der Waals surface area contributed by atoms with Crippen LogP contribution in [0.2, 0.25) is 0 Å². The third kappa shape index (κ3) is 2.43. The third-order valence-electron chi connectivity index (χ3n) is 3.32.